The first-order valence-corrected chi connectivity index (χ1v) is 7.33. The Morgan fingerprint density at radius 1 is 0.905 bits per heavy atom. The number of aryl methyl sites for hydroxylation is 2. The molecule has 0 bridgehead atoms. The maximum absolute atomic E-state index is 5.90. The summed E-state index contributed by atoms with van der Waals surface area (Å²) in [6.07, 6.45) is 0. The van der Waals surface area contributed by atoms with Crippen molar-refractivity contribution in [2.45, 2.75) is 40.0 Å². The SMILES string of the molecule is Cc1cc2nc(-c3ccc(C(C)(C)C)cc3)oc2cc1C. The molecule has 1 heterocycles. The summed E-state index contributed by atoms with van der Waals surface area (Å²) < 4.78 is 5.90. The monoisotopic (exact) mass is 279 g/mol. The van der Waals surface area contributed by atoms with Crippen LogP contribution in [0.1, 0.15) is 37.5 Å². The Morgan fingerprint density at radius 3 is 2.14 bits per heavy atom. The third-order valence-corrected chi connectivity index (χ3v) is 4.00. The summed E-state index contributed by atoms with van der Waals surface area (Å²) in [5.74, 6) is 0.690. The summed E-state index contributed by atoms with van der Waals surface area (Å²) in [7, 11) is 0. The summed E-state index contributed by atoms with van der Waals surface area (Å²) in [5, 5.41) is 0. The van der Waals surface area contributed by atoms with E-state index in [0.29, 0.717) is 5.89 Å². The molecule has 21 heavy (non-hydrogen) atoms. The van der Waals surface area contributed by atoms with Gasteiger partial charge in [-0.2, -0.15) is 0 Å². The zero-order valence-corrected chi connectivity index (χ0v) is 13.3. The van der Waals surface area contributed by atoms with E-state index in [2.05, 4.69) is 76.0 Å². The second-order valence-corrected chi connectivity index (χ2v) is 6.75. The van der Waals surface area contributed by atoms with Crippen molar-refractivity contribution in [3.8, 4) is 11.5 Å². The highest BCUT2D eigenvalue weighted by Crippen LogP contribution is 2.28. The van der Waals surface area contributed by atoms with Crippen molar-refractivity contribution >= 4 is 11.1 Å². The number of oxazole rings is 1. The fourth-order valence-corrected chi connectivity index (χ4v) is 2.42. The molecule has 0 aliphatic rings. The number of nitrogens with zero attached hydrogens (tertiary/aromatic N) is 1. The summed E-state index contributed by atoms with van der Waals surface area (Å²) in [4.78, 5) is 4.61. The number of hydrogen-bond donors (Lipinski definition) is 0. The van der Waals surface area contributed by atoms with Crippen LogP contribution in [-0.4, -0.2) is 4.98 Å². The van der Waals surface area contributed by atoms with Gasteiger partial charge in [0.05, 0.1) is 0 Å². The Kier molecular flexibility index (Phi) is 3.12. The summed E-state index contributed by atoms with van der Waals surface area (Å²) in [5.41, 5.74) is 6.75. The van der Waals surface area contributed by atoms with Gasteiger partial charge in [-0.05, 0) is 60.2 Å². The number of aromatic nitrogens is 1. The average Bonchev–Trinajstić information content (AvgIpc) is 2.81. The lowest BCUT2D eigenvalue weighted by Gasteiger charge is -2.18. The highest BCUT2D eigenvalue weighted by molar-refractivity contribution is 5.78. The van der Waals surface area contributed by atoms with Gasteiger partial charge < -0.3 is 4.42 Å². The Bertz CT molecular complexity index is 750. The first kappa shape index (κ1) is 13.9. The molecule has 1 aromatic heterocycles. The van der Waals surface area contributed by atoms with Gasteiger partial charge in [0.2, 0.25) is 5.89 Å². The quantitative estimate of drug-likeness (QED) is 0.595. The van der Waals surface area contributed by atoms with Gasteiger partial charge in [-0.3, -0.25) is 0 Å². The number of hydrogen-bond acceptors (Lipinski definition) is 2. The van der Waals surface area contributed by atoms with Gasteiger partial charge in [-0.1, -0.05) is 32.9 Å². The van der Waals surface area contributed by atoms with Crippen molar-refractivity contribution in [3.05, 3.63) is 53.1 Å². The molecule has 0 saturated heterocycles. The molecule has 0 spiro atoms. The van der Waals surface area contributed by atoms with E-state index >= 15 is 0 Å². The van der Waals surface area contributed by atoms with Gasteiger partial charge in [0.15, 0.2) is 5.58 Å². The van der Waals surface area contributed by atoms with E-state index < -0.39 is 0 Å². The fourth-order valence-electron chi connectivity index (χ4n) is 2.42. The molecule has 0 N–H and O–H groups in total. The molecule has 0 unspecified atom stereocenters. The molecule has 0 saturated carbocycles. The molecule has 0 atom stereocenters. The number of fused-ring (bicyclic) bond motifs is 1. The minimum absolute atomic E-state index is 0.161. The maximum Gasteiger partial charge on any atom is 0.227 e. The molecular weight excluding hydrogens is 258 g/mol. The number of benzene rings is 2. The molecule has 2 nitrogen and oxygen atoms in total. The van der Waals surface area contributed by atoms with Crippen molar-refractivity contribution in [2.24, 2.45) is 0 Å². The molecule has 0 radical (unpaired) electrons. The predicted molar refractivity (Wildman–Crippen MR) is 87.6 cm³/mol. The van der Waals surface area contributed by atoms with Gasteiger partial charge in [-0.25, -0.2) is 4.98 Å². The van der Waals surface area contributed by atoms with Crippen LogP contribution in [0, 0.1) is 13.8 Å². The largest absolute Gasteiger partial charge is 0.436 e. The molecule has 0 fully saturated rings. The Balaban J connectivity index is 2.04. The minimum atomic E-state index is 0.161. The van der Waals surface area contributed by atoms with E-state index in [0.717, 1.165) is 16.7 Å². The molecule has 2 aromatic carbocycles. The Hall–Kier alpha value is -2.09. The van der Waals surface area contributed by atoms with Crippen molar-refractivity contribution < 1.29 is 4.42 Å². The van der Waals surface area contributed by atoms with Crippen LogP contribution in [0.25, 0.3) is 22.6 Å². The van der Waals surface area contributed by atoms with Crippen LogP contribution in [0.15, 0.2) is 40.8 Å². The smallest absolute Gasteiger partial charge is 0.227 e. The van der Waals surface area contributed by atoms with Crippen molar-refractivity contribution in [1.82, 2.24) is 4.98 Å². The van der Waals surface area contributed by atoms with Crippen LogP contribution in [0.5, 0.6) is 0 Å². The molecule has 0 amide bonds. The van der Waals surface area contributed by atoms with Crippen molar-refractivity contribution in [2.75, 3.05) is 0 Å². The highest BCUT2D eigenvalue weighted by Gasteiger charge is 2.14. The van der Waals surface area contributed by atoms with Gasteiger partial charge >= 0.3 is 0 Å². The first-order chi connectivity index (χ1) is 9.84. The fraction of sp³-hybridized carbons (Fsp3) is 0.316. The van der Waals surface area contributed by atoms with Crippen LogP contribution < -0.4 is 0 Å². The van der Waals surface area contributed by atoms with Crippen LogP contribution in [0.2, 0.25) is 0 Å². The molecule has 108 valence electrons. The average molecular weight is 279 g/mol. The zero-order chi connectivity index (χ0) is 15.2. The van der Waals surface area contributed by atoms with E-state index in [9.17, 15) is 0 Å². The standard InChI is InChI=1S/C19H21NO/c1-12-10-16-17(11-13(12)2)21-18(20-16)14-6-8-15(9-7-14)19(3,4)5/h6-11H,1-5H3. The van der Waals surface area contributed by atoms with E-state index in [1.165, 1.54) is 16.7 Å². The van der Waals surface area contributed by atoms with E-state index in [1.54, 1.807) is 0 Å². The van der Waals surface area contributed by atoms with Crippen LogP contribution in [0.4, 0.5) is 0 Å². The zero-order valence-electron chi connectivity index (χ0n) is 13.3. The third-order valence-electron chi connectivity index (χ3n) is 4.00. The van der Waals surface area contributed by atoms with Gasteiger partial charge in [0.1, 0.15) is 5.52 Å². The Labute approximate surface area is 125 Å². The molecule has 3 rings (SSSR count). The lowest BCUT2D eigenvalue weighted by molar-refractivity contribution is 0.589. The topological polar surface area (TPSA) is 26.0 Å². The summed E-state index contributed by atoms with van der Waals surface area (Å²) in [6, 6.07) is 12.6. The van der Waals surface area contributed by atoms with Crippen LogP contribution in [-0.2, 0) is 5.41 Å². The van der Waals surface area contributed by atoms with Gasteiger partial charge in [0, 0.05) is 5.56 Å². The second-order valence-electron chi connectivity index (χ2n) is 6.75. The normalized spacial score (nSPS) is 12.0. The Morgan fingerprint density at radius 2 is 1.52 bits per heavy atom. The second kappa shape index (κ2) is 4.73. The maximum atomic E-state index is 5.90. The summed E-state index contributed by atoms with van der Waals surface area (Å²) >= 11 is 0. The molecular formula is C19H21NO. The minimum Gasteiger partial charge on any atom is -0.436 e. The first-order valence-electron chi connectivity index (χ1n) is 7.33. The van der Waals surface area contributed by atoms with Crippen molar-refractivity contribution in [3.63, 3.8) is 0 Å². The highest BCUT2D eigenvalue weighted by atomic mass is 16.3. The van der Waals surface area contributed by atoms with Crippen molar-refractivity contribution in [1.29, 1.82) is 0 Å². The molecule has 0 aliphatic carbocycles. The predicted octanol–water partition coefficient (Wildman–Crippen LogP) is 5.41. The lowest BCUT2D eigenvalue weighted by atomic mass is 9.87. The molecule has 0 aliphatic heterocycles. The van der Waals surface area contributed by atoms with E-state index in [1.807, 2.05) is 0 Å². The lowest BCUT2D eigenvalue weighted by Crippen LogP contribution is -2.10. The van der Waals surface area contributed by atoms with Crippen LogP contribution in [0.3, 0.4) is 0 Å². The summed E-state index contributed by atoms with van der Waals surface area (Å²) in [6.45, 7) is 10.8. The van der Waals surface area contributed by atoms with E-state index in [-0.39, 0.29) is 5.41 Å². The van der Waals surface area contributed by atoms with Gasteiger partial charge in [0.25, 0.3) is 0 Å². The number of rotatable bonds is 1. The molecule has 3 aromatic rings. The van der Waals surface area contributed by atoms with Gasteiger partial charge in [-0.15, -0.1) is 0 Å². The molecule has 2 heteroatoms. The van der Waals surface area contributed by atoms with E-state index in [4.69, 9.17) is 4.42 Å². The third kappa shape index (κ3) is 2.58. The van der Waals surface area contributed by atoms with Crippen LogP contribution >= 0.6 is 0 Å².